The van der Waals surface area contributed by atoms with E-state index in [9.17, 15) is 14.4 Å². The SMILES string of the molecule is O=C1CC[C@@H](C(=O)Nc2ccc(=O)n(Cc3ccccc3Cl)c2)N1. The Kier molecular flexibility index (Phi) is 4.66. The number of nitrogens with zero attached hydrogens (tertiary/aromatic N) is 1. The molecule has 1 aromatic carbocycles. The molecule has 2 N–H and O–H groups in total. The lowest BCUT2D eigenvalue weighted by atomic mass is 10.2. The second-order valence-electron chi connectivity index (χ2n) is 5.62. The highest BCUT2D eigenvalue weighted by atomic mass is 35.5. The lowest BCUT2D eigenvalue weighted by Gasteiger charge is -2.13. The fraction of sp³-hybridized carbons (Fsp3) is 0.235. The lowest BCUT2D eigenvalue weighted by molar-refractivity contribution is -0.122. The van der Waals surface area contributed by atoms with E-state index in [-0.39, 0.29) is 17.4 Å². The third-order valence-corrected chi connectivity index (χ3v) is 4.23. The minimum absolute atomic E-state index is 0.126. The molecule has 0 radical (unpaired) electrons. The van der Waals surface area contributed by atoms with Crippen LogP contribution in [-0.2, 0) is 16.1 Å². The van der Waals surface area contributed by atoms with Gasteiger partial charge in [-0.3, -0.25) is 14.4 Å². The van der Waals surface area contributed by atoms with Crippen LogP contribution in [0.4, 0.5) is 5.69 Å². The summed E-state index contributed by atoms with van der Waals surface area (Å²) in [6.45, 7) is 0.308. The van der Waals surface area contributed by atoms with E-state index >= 15 is 0 Å². The molecule has 2 heterocycles. The minimum Gasteiger partial charge on any atom is -0.344 e. The molecule has 2 amide bonds. The van der Waals surface area contributed by atoms with Crippen molar-refractivity contribution in [1.29, 1.82) is 0 Å². The fourth-order valence-electron chi connectivity index (χ4n) is 2.58. The van der Waals surface area contributed by atoms with E-state index in [4.69, 9.17) is 11.6 Å². The molecule has 0 bridgehead atoms. The van der Waals surface area contributed by atoms with Crippen LogP contribution >= 0.6 is 11.6 Å². The molecule has 0 unspecified atom stereocenters. The van der Waals surface area contributed by atoms with Gasteiger partial charge in [0.1, 0.15) is 6.04 Å². The van der Waals surface area contributed by atoms with Crippen molar-refractivity contribution in [3.63, 3.8) is 0 Å². The van der Waals surface area contributed by atoms with Gasteiger partial charge in [-0.2, -0.15) is 0 Å². The van der Waals surface area contributed by atoms with Gasteiger partial charge in [-0.1, -0.05) is 29.8 Å². The summed E-state index contributed by atoms with van der Waals surface area (Å²) in [4.78, 5) is 35.4. The summed E-state index contributed by atoms with van der Waals surface area (Å²) in [6, 6.07) is 9.67. The summed E-state index contributed by atoms with van der Waals surface area (Å²) in [5.74, 6) is -0.414. The van der Waals surface area contributed by atoms with Crippen LogP contribution in [0.3, 0.4) is 0 Å². The highest BCUT2D eigenvalue weighted by molar-refractivity contribution is 6.31. The summed E-state index contributed by atoms with van der Waals surface area (Å²) < 4.78 is 1.48. The number of nitrogens with one attached hydrogen (secondary N) is 2. The van der Waals surface area contributed by atoms with Crippen LogP contribution in [0.5, 0.6) is 0 Å². The van der Waals surface area contributed by atoms with Crippen LogP contribution in [0.15, 0.2) is 47.4 Å². The second-order valence-corrected chi connectivity index (χ2v) is 6.03. The first-order valence-electron chi connectivity index (χ1n) is 7.57. The van der Waals surface area contributed by atoms with Crippen LogP contribution < -0.4 is 16.2 Å². The molecule has 7 heteroatoms. The van der Waals surface area contributed by atoms with Crippen molar-refractivity contribution >= 4 is 29.1 Å². The number of anilines is 1. The molecule has 124 valence electrons. The van der Waals surface area contributed by atoms with Crippen LogP contribution in [0, 0.1) is 0 Å². The lowest BCUT2D eigenvalue weighted by Crippen LogP contribution is -2.37. The molecule has 24 heavy (non-hydrogen) atoms. The number of halogens is 1. The van der Waals surface area contributed by atoms with Crippen molar-refractivity contribution in [3.8, 4) is 0 Å². The molecule has 1 aliphatic rings. The fourth-order valence-corrected chi connectivity index (χ4v) is 2.77. The molecule has 1 saturated heterocycles. The number of carbonyl (C=O) groups excluding carboxylic acids is 2. The van der Waals surface area contributed by atoms with Crippen molar-refractivity contribution < 1.29 is 9.59 Å². The molecule has 1 fully saturated rings. The molecular formula is C17H16ClN3O3. The summed E-state index contributed by atoms with van der Waals surface area (Å²) in [6.07, 6.45) is 2.40. The number of hydrogen-bond donors (Lipinski definition) is 2. The van der Waals surface area contributed by atoms with E-state index < -0.39 is 6.04 Å². The number of pyridine rings is 1. The third kappa shape index (κ3) is 3.65. The predicted octanol–water partition coefficient (Wildman–Crippen LogP) is 1.77. The number of aromatic nitrogens is 1. The molecule has 2 aromatic rings. The first-order valence-corrected chi connectivity index (χ1v) is 7.95. The van der Waals surface area contributed by atoms with E-state index in [0.717, 1.165) is 5.56 Å². The van der Waals surface area contributed by atoms with Gasteiger partial charge in [0.15, 0.2) is 0 Å². The summed E-state index contributed by atoms with van der Waals surface area (Å²) >= 11 is 6.13. The minimum atomic E-state index is -0.526. The molecule has 1 aliphatic heterocycles. The van der Waals surface area contributed by atoms with E-state index in [1.54, 1.807) is 18.3 Å². The standard InChI is InChI=1S/C17H16ClN3O3/c18-13-4-2-1-3-11(13)9-21-10-12(5-8-16(21)23)19-17(24)14-6-7-15(22)20-14/h1-5,8,10,14H,6-7,9H2,(H,19,24)(H,20,22)/t14-/m0/s1. The normalized spacial score (nSPS) is 16.7. The van der Waals surface area contributed by atoms with E-state index in [2.05, 4.69) is 10.6 Å². The molecule has 0 aliphatic carbocycles. The highest BCUT2D eigenvalue weighted by Gasteiger charge is 2.27. The second kappa shape index (κ2) is 6.88. The van der Waals surface area contributed by atoms with Gasteiger partial charge in [0.2, 0.25) is 11.8 Å². The number of rotatable bonds is 4. The average molecular weight is 346 g/mol. The smallest absolute Gasteiger partial charge is 0.250 e. The van der Waals surface area contributed by atoms with Crippen molar-refractivity contribution in [1.82, 2.24) is 9.88 Å². The Morgan fingerprint density at radius 2 is 2.04 bits per heavy atom. The number of amides is 2. The topological polar surface area (TPSA) is 80.2 Å². The van der Waals surface area contributed by atoms with Crippen molar-refractivity contribution in [2.45, 2.75) is 25.4 Å². The average Bonchev–Trinajstić information content (AvgIpc) is 2.99. The van der Waals surface area contributed by atoms with Gasteiger partial charge in [-0.15, -0.1) is 0 Å². The van der Waals surface area contributed by atoms with Crippen LogP contribution in [0.25, 0.3) is 0 Å². The van der Waals surface area contributed by atoms with Gasteiger partial charge in [0.25, 0.3) is 5.56 Å². The quantitative estimate of drug-likeness (QED) is 0.886. The van der Waals surface area contributed by atoms with Gasteiger partial charge >= 0.3 is 0 Å². The summed E-state index contributed by atoms with van der Waals surface area (Å²) in [5.41, 5.74) is 1.11. The maximum atomic E-state index is 12.1. The van der Waals surface area contributed by atoms with Gasteiger partial charge in [0.05, 0.1) is 12.2 Å². The van der Waals surface area contributed by atoms with Gasteiger partial charge in [-0.05, 0) is 24.1 Å². The van der Waals surface area contributed by atoms with Crippen LogP contribution in [-0.4, -0.2) is 22.4 Å². The van der Waals surface area contributed by atoms with Gasteiger partial charge in [-0.25, -0.2) is 0 Å². The zero-order chi connectivity index (χ0) is 17.1. The van der Waals surface area contributed by atoms with Crippen LogP contribution in [0.2, 0.25) is 5.02 Å². The Bertz CT molecular complexity index is 847. The van der Waals surface area contributed by atoms with Crippen molar-refractivity contribution in [3.05, 3.63) is 63.5 Å². The first-order chi connectivity index (χ1) is 11.5. The van der Waals surface area contributed by atoms with Crippen molar-refractivity contribution in [2.75, 3.05) is 5.32 Å². The summed E-state index contributed by atoms with van der Waals surface area (Å²) in [5, 5.41) is 5.91. The number of benzene rings is 1. The van der Waals surface area contributed by atoms with Crippen LogP contribution in [0.1, 0.15) is 18.4 Å². The Balaban J connectivity index is 1.76. The maximum absolute atomic E-state index is 12.1. The molecule has 3 rings (SSSR count). The zero-order valence-corrected chi connectivity index (χ0v) is 13.5. The molecule has 1 aromatic heterocycles. The Morgan fingerprint density at radius 1 is 1.25 bits per heavy atom. The molecule has 0 saturated carbocycles. The Morgan fingerprint density at radius 3 is 2.75 bits per heavy atom. The van der Waals surface area contributed by atoms with Gasteiger partial charge < -0.3 is 15.2 Å². The third-order valence-electron chi connectivity index (χ3n) is 3.86. The largest absolute Gasteiger partial charge is 0.344 e. The predicted molar refractivity (Wildman–Crippen MR) is 91.1 cm³/mol. The highest BCUT2D eigenvalue weighted by Crippen LogP contribution is 2.16. The molecular weight excluding hydrogens is 330 g/mol. The number of carbonyl (C=O) groups is 2. The first kappa shape index (κ1) is 16.3. The van der Waals surface area contributed by atoms with E-state index in [1.807, 2.05) is 18.2 Å². The Labute approximate surface area is 143 Å². The Hall–Kier alpha value is -2.60. The maximum Gasteiger partial charge on any atom is 0.250 e. The molecule has 0 spiro atoms. The molecule has 6 nitrogen and oxygen atoms in total. The zero-order valence-electron chi connectivity index (χ0n) is 12.8. The number of hydrogen-bond acceptors (Lipinski definition) is 3. The van der Waals surface area contributed by atoms with E-state index in [1.165, 1.54) is 10.6 Å². The van der Waals surface area contributed by atoms with Crippen molar-refractivity contribution in [2.24, 2.45) is 0 Å². The summed E-state index contributed by atoms with van der Waals surface area (Å²) in [7, 11) is 0. The van der Waals surface area contributed by atoms with Gasteiger partial charge in [0, 0.05) is 23.7 Å². The van der Waals surface area contributed by atoms with E-state index in [0.29, 0.717) is 30.1 Å². The monoisotopic (exact) mass is 345 g/mol. The molecule has 1 atom stereocenters.